The summed E-state index contributed by atoms with van der Waals surface area (Å²) in [6, 6.07) is 14.0. The van der Waals surface area contributed by atoms with E-state index in [9.17, 15) is 9.18 Å². The molecule has 30 heavy (non-hydrogen) atoms. The van der Waals surface area contributed by atoms with Crippen LogP contribution in [0.1, 0.15) is 11.1 Å². The molecule has 0 fully saturated rings. The van der Waals surface area contributed by atoms with Crippen LogP contribution in [0.25, 0.3) is 22.5 Å². The van der Waals surface area contributed by atoms with E-state index in [1.807, 2.05) is 31.2 Å². The number of halogens is 2. The van der Waals surface area contributed by atoms with E-state index in [-0.39, 0.29) is 29.5 Å². The van der Waals surface area contributed by atoms with Gasteiger partial charge in [-0.2, -0.15) is 0 Å². The van der Waals surface area contributed by atoms with Gasteiger partial charge in [0.05, 0.1) is 17.7 Å². The molecule has 0 radical (unpaired) electrons. The average molecular weight is 514 g/mol. The molecule has 0 bridgehead atoms. The third-order valence-corrected chi connectivity index (χ3v) is 5.52. The molecule has 0 atom stereocenters. The van der Waals surface area contributed by atoms with Crippen LogP contribution >= 0.6 is 22.6 Å². The van der Waals surface area contributed by atoms with E-state index in [2.05, 4.69) is 43.0 Å². The summed E-state index contributed by atoms with van der Waals surface area (Å²) in [4.78, 5) is 20.8. The summed E-state index contributed by atoms with van der Waals surface area (Å²) < 4.78 is 21.0. The van der Waals surface area contributed by atoms with Crippen LogP contribution in [0.15, 0.2) is 65.6 Å². The fraction of sp³-hybridized carbons (Fsp3) is 0.0909. The largest absolute Gasteiger partial charge is 0.337 e. The Kier molecular flexibility index (Phi) is 5.84. The molecule has 4 aromatic rings. The summed E-state index contributed by atoms with van der Waals surface area (Å²) in [6.07, 6.45) is 3.09. The van der Waals surface area contributed by atoms with Crippen molar-refractivity contribution < 1.29 is 13.7 Å². The van der Waals surface area contributed by atoms with E-state index < -0.39 is 5.82 Å². The Bertz CT molecular complexity index is 1210. The van der Waals surface area contributed by atoms with Crippen molar-refractivity contribution in [3.8, 4) is 22.5 Å². The van der Waals surface area contributed by atoms with Gasteiger partial charge in [0.15, 0.2) is 0 Å². The third-order valence-electron chi connectivity index (χ3n) is 4.47. The molecular formula is C22H16FIN4O2. The van der Waals surface area contributed by atoms with Gasteiger partial charge in [-0.1, -0.05) is 35.0 Å². The molecule has 2 aromatic heterocycles. The second kappa shape index (κ2) is 8.70. The molecule has 4 rings (SSSR count). The molecule has 1 N–H and O–H groups in total. The van der Waals surface area contributed by atoms with Crippen LogP contribution in [0, 0.1) is 16.3 Å². The number of aryl methyl sites for hydroxylation is 1. The van der Waals surface area contributed by atoms with Crippen molar-refractivity contribution in [2.45, 2.75) is 13.3 Å². The maximum atomic E-state index is 14.6. The molecule has 0 saturated carbocycles. The number of rotatable bonds is 5. The molecule has 1 amide bonds. The van der Waals surface area contributed by atoms with Gasteiger partial charge >= 0.3 is 0 Å². The fourth-order valence-electron chi connectivity index (χ4n) is 3.04. The zero-order chi connectivity index (χ0) is 21.1. The van der Waals surface area contributed by atoms with Gasteiger partial charge in [0.25, 0.3) is 0 Å². The quantitative estimate of drug-likeness (QED) is 0.378. The lowest BCUT2D eigenvalue weighted by Crippen LogP contribution is -2.15. The van der Waals surface area contributed by atoms with E-state index in [0.29, 0.717) is 11.3 Å². The van der Waals surface area contributed by atoms with Crippen LogP contribution in [0.5, 0.6) is 0 Å². The first kappa shape index (κ1) is 20.1. The maximum absolute atomic E-state index is 14.6. The second-order valence-corrected chi connectivity index (χ2v) is 7.79. The summed E-state index contributed by atoms with van der Waals surface area (Å²) in [7, 11) is 0. The van der Waals surface area contributed by atoms with Crippen molar-refractivity contribution in [3.05, 3.63) is 81.6 Å². The monoisotopic (exact) mass is 514 g/mol. The minimum absolute atomic E-state index is 0.112. The summed E-state index contributed by atoms with van der Waals surface area (Å²) in [5.74, 6) is -0.608. The Hall–Kier alpha value is -3.14. The Morgan fingerprint density at radius 2 is 2.03 bits per heavy atom. The highest BCUT2D eigenvalue weighted by Gasteiger charge is 2.24. The molecule has 0 aliphatic heterocycles. The molecular weight excluding hydrogens is 498 g/mol. The number of carbonyl (C=O) groups is 1. The number of hydrogen-bond acceptors (Lipinski definition) is 5. The number of hydrogen-bond donors (Lipinski definition) is 1. The Morgan fingerprint density at radius 1 is 1.20 bits per heavy atom. The third kappa shape index (κ3) is 4.23. The fourth-order valence-corrected chi connectivity index (χ4v) is 3.62. The van der Waals surface area contributed by atoms with Crippen molar-refractivity contribution in [3.63, 3.8) is 0 Å². The van der Waals surface area contributed by atoms with Gasteiger partial charge in [0.2, 0.25) is 11.8 Å². The van der Waals surface area contributed by atoms with E-state index in [1.165, 1.54) is 12.4 Å². The molecule has 0 aliphatic rings. The van der Waals surface area contributed by atoms with Crippen molar-refractivity contribution in [2.75, 3.05) is 5.32 Å². The number of aromatic nitrogens is 3. The van der Waals surface area contributed by atoms with Gasteiger partial charge in [-0.25, -0.2) is 14.4 Å². The predicted molar refractivity (Wildman–Crippen MR) is 119 cm³/mol. The van der Waals surface area contributed by atoms with Gasteiger partial charge < -0.3 is 4.52 Å². The number of nitrogens with one attached hydrogen (secondary N) is 1. The van der Waals surface area contributed by atoms with Crippen LogP contribution < -0.4 is 5.32 Å². The SMILES string of the molecule is Cc1ccc(F)c(-c2noc(NC(=O)Cc3ccccc3I)c2-c2ccncn2)c1. The molecule has 8 heteroatoms. The zero-order valence-electron chi connectivity index (χ0n) is 15.9. The van der Waals surface area contributed by atoms with Gasteiger partial charge in [-0.05, 0) is 59.3 Å². The minimum Gasteiger partial charge on any atom is -0.337 e. The van der Waals surface area contributed by atoms with Crippen molar-refractivity contribution in [2.24, 2.45) is 0 Å². The van der Waals surface area contributed by atoms with Crippen molar-refractivity contribution in [1.29, 1.82) is 0 Å². The van der Waals surface area contributed by atoms with E-state index in [1.54, 1.807) is 24.4 Å². The van der Waals surface area contributed by atoms with E-state index in [4.69, 9.17) is 4.52 Å². The number of amides is 1. The van der Waals surface area contributed by atoms with Gasteiger partial charge in [0, 0.05) is 15.3 Å². The smallest absolute Gasteiger partial charge is 0.241 e. The van der Waals surface area contributed by atoms with Gasteiger partial charge in [-0.15, -0.1) is 0 Å². The average Bonchev–Trinajstić information content (AvgIpc) is 3.15. The molecule has 0 aliphatic carbocycles. The lowest BCUT2D eigenvalue weighted by Gasteiger charge is -2.07. The Morgan fingerprint density at radius 3 is 2.80 bits per heavy atom. The molecule has 2 aromatic carbocycles. The van der Waals surface area contributed by atoms with Gasteiger partial charge in [0.1, 0.15) is 17.8 Å². The maximum Gasteiger partial charge on any atom is 0.241 e. The topological polar surface area (TPSA) is 80.9 Å². The van der Waals surface area contributed by atoms with Crippen molar-refractivity contribution >= 4 is 34.4 Å². The normalized spacial score (nSPS) is 10.8. The molecule has 0 spiro atoms. The number of nitrogens with zero attached hydrogens (tertiary/aromatic N) is 3. The highest BCUT2D eigenvalue weighted by molar-refractivity contribution is 14.1. The zero-order valence-corrected chi connectivity index (χ0v) is 18.1. The highest BCUT2D eigenvalue weighted by atomic mass is 127. The van der Waals surface area contributed by atoms with E-state index in [0.717, 1.165) is 14.7 Å². The van der Waals surface area contributed by atoms with E-state index >= 15 is 0 Å². The molecule has 150 valence electrons. The van der Waals surface area contributed by atoms with Crippen LogP contribution in [0.4, 0.5) is 10.3 Å². The number of carbonyl (C=O) groups excluding carboxylic acids is 1. The summed E-state index contributed by atoms with van der Waals surface area (Å²) in [5.41, 5.74) is 3.16. The first-order valence-electron chi connectivity index (χ1n) is 9.09. The molecule has 6 nitrogen and oxygen atoms in total. The van der Waals surface area contributed by atoms with Crippen LogP contribution in [0.2, 0.25) is 0 Å². The van der Waals surface area contributed by atoms with Crippen LogP contribution in [-0.2, 0) is 11.2 Å². The van der Waals surface area contributed by atoms with Crippen molar-refractivity contribution in [1.82, 2.24) is 15.1 Å². The lowest BCUT2D eigenvalue weighted by atomic mass is 10.0. The van der Waals surface area contributed by atoms with Crippen LogP contribution in [-0.4, -0.2) is 21.0 Å². The number of anilines is 1. The molecule has 0 saturated heterocycles. The lowest BCUT2D eigenvalue weighted by molar-refractivity contribution is -0.115. The molecule has 2 heterocycles. The van der Waals surface area contributed by atoms with Gasteiger partial charge in [-0.3, -0.25) is 10.1 Å². The van der Waals surface area contributed by atoms with Crippen LogP contribution in [0.3, 0.4) is 0 Å². The Labute approximate surface area is 185 Å². The minimum atomic E-state index is -0.444. The molecule has 0 unspecified atom stereocenters. The first-order chi connectivity index (χ1) is 14.5. The number of benzene rings is 2. The summed E-state index contributed by atoms with van der Waals surface area (Å²) >= 11 is 2.18. The first-order valence-corrected chi connectivity index (χ1v) is 10.2. The summed E-state index contributed by atoms with van der Waals surface area (Å²) in [6.45, 7) is 1.86. The standard InChI is InChI=1S/C22H16FIN4O2/c1-13-6-7-16(23)15(10-13)21-20(18-8-9-25-12-26-18)22(30-28-21)27-19(29)11-14-4-2-3-5-17(14)24/h2-10,12H,11H2,1H3,(H,27,29). The second-order valence-electron chi connectivity index (χ2n) is 6.63. The predicted octanol–water partition coefficient (Wildman–Crippen LogP) is 5.03. The summed E-state index contributed by atoms with van der Waals surface area (Å²) in [5, 5.41) is 6.81. The Balaban J connectivity index is 1.74. The highest BCUT2D eigenvalue weighted by Crippen LogP contribution is 2.38.